The Bertz CT molecular complexity index is 1270. The smallest absolute Gasteiger partial charge is 0.242 e. The number of aliphatic hydroxyl groups is 1. The largest absolute Gasteiger partial charge is 0.393 e. The van der Waals surface area contributed by atoms with Crippen LogP contribution in [0.15, 0.2) is 78.9 Å². The van der Waals surface area contributed by atoms with Gasteiger partial charge in [0.2, 0.25) is 5.91 Å². The number of benzene rings is 3. The van der Waals surface area contributed by atoms with Gasteiger partial charge in [-0.15, -0.1) is 0 Å². The first-order chi connectivity index (χ1) is 15.1. The fourth-order valence-corrected chi connectivity index (χ4v) is 5.24. The molecule has 1 N–H and O–H groups in total. The molecule has 0 unspecified atom stereocenters. The molecule has 2 heterocycles. The van der Waals surface area contributed by atoms with Gasteiger partial charge in [-0.1, -0.05) is 86.1 Å². The molecule has 1 aliphatic heterocycles. The molecule has 1 aromatic heterocycles. The number of fused-ring (bicyclic) bond motifs is 5. The van der Waals surface area contributed by atoms with Gasteiger partial charge in [-0.2, -0.15) is 0 Å². The van der Waals surface area contributed by atoms with Gasteiger partial charge in [0.15, 0.2) is 0 Å². The normalized spacial score (nSPS) is 18.6. The summed E-state index contributed by atoms with van der Waals surface area (Å²) in [5, 5.41) is 11.8. The summed E-state index contributed by atoms with van der Waals surface area (Å²) in [6.07, 6.45) is 1.50. The highest BCUT2D eigenvalue weighted by Crippen LogP contribution is 2.50. The maximum Gasteiger partial charge on any atom is 0.242 e. The van der Waals surface area contributed by atoms with Crippen LogP contribution in [0.5, 0.6) is 0 Å². The maximum absolute atomic E-state index is 14.2. The zero-order chi connectivity index (χ0) is 21.6. The summed E-state index contributed by atoms with van der Waals surface area (Å²) < 4.78 is 1.90. The lowest BCUT2D eigenvalue weighted by Crippen LogP contribution is -2.43. The molecule has 0 spiro atoms. The van der Waals surface area contributed by atoms with Gasteiger partial charge in [0.25, 0.3) is 0 Å². The van der Waals surface area contributed by atoms with E-state index in [2.05, 4.69) is 37.3 Å². The number of hydrogen-bond acceptors (Lipinski definition) is 2. The second-order valence-electron chi connectivity index (χ2n) is 8.77. The molecule has 0 fully saturated rings. The van der Waals surface area contributed by atoms with Crippen LogP contribution in [0, 0.1) is 0 Å². The van der Waals surface area contributed by atoms with E-state index in [0.717, 1.165) is 45.3 Å². The SMILES string of the molecule is CCC[C@H](O)C[C@@]1(C)C(=O)n2c(c(-c3ccccc3)c3ccccc32)-c2ccccc21. The molecule has 0 aliphatic carbocycles. The van der Waals surface area contributed by atoms with Gasteiger partial charge >= 0.3 is 0 Å². The van der Waals surface area contributed by atoms with E-state index < -0.39 is 11.5 Å². The molecule has 31 heavy (non-hydrogen) atoms. The van der Waals surface area contributed by atoms with E-state index in [4.69, 9.17) is 0 Å². The predicted molar refractivity (Wildman–Crippen MR) is 126 cm³/mol. The first kappa shape index (κ1) is 19.8. The van der Waals surface area contributed by atoms with Gasteiger partial charge in [0.05, 0.1) is 22.7 Å². The van der Waals surface area contributed by atoms with E-state index >= 15 is 0 Å². The van der Waals surface area contributed by atoms with Crippen molar-refractivity contribution in [2.24, 2.45) is 0 Å². The third-order valence-electron chi connectivity index (χ3n) is 6.65. The first-order valence-electron chi connectivity index (χ1n) is 11.1. The minimum absolute atomic E-state index is 0.0368. The second kappa shape index (κ2) is 7.51. The van der Waals surface area contributed by atoms with E-state index in [9.17, 15) is 9.90 Å². The van der Waals surface area contributed by atoms with Crippen LogP contribution in [0.1, 0.15) is 43.5 Å². The molecule has 0 saturated heterocycles. The average molecular weight is 410 g/mol. The van der Waals surface area contributed by atoms with E-state index in [0.29, 0.717) is 12.8 Å². The fraction of sp³-hybridized carbons (Fsp3) is 0.250. The van der Waals surface area contributed by atoms with Crippen molar-refractivity contribution in [2.75, 3.05) is 0 Å². The van der Waals surface area contributed by atoms with Gasteiger partial charge in [-0.25, -0.2) is 0 Å². The maximum atomic E-state index is 14.2. The van der Waals surface area contributed by atoms with E-state index in [1.54, 1.807) is 0 Å². The number of para-hydroxylation sites is 1. The van der Waals surface area contributed by atoms with Crippen LogP contribution in [-0.2, 0) is 5.41 Å². The van der Waals surface area contributed by atoms with Crippen LogP contribution in [0.4, 0.5) is 0 Å². The van der Waals surface area contributed by atoms with E-state index in [1.807, 2.05) is 60.0 Å². The Labute approximate surface area is 183 Å². The number of hydrogen-bond donors (Lipinski definition) is 1. The van der Waals surface area contributed by atoms with Gasteiger partial charge in [-0.3, -0.25) is 9.36 Å². The molecule has 156 valence electrons. The van der Waals surface area contributed by atoms with Crippen molar-refractivity contribution in [1.82, 2.24) is 4.57 Å². The van der Waals surface area contributed by atoms with Gasteiger partial charge in [0, 0.05) is 16.5 Å². The average Bonchev–Trinajstić information content (AvgIpc) is 3.14. The number of aromatic nitrogens is 1. The van der Waals surface area contributed by atoms with Gasteiger partial charge < -0.3 is 5.11 Å². The quantitative estimate of drug-likeness (QED) is 0.412. The summed E-state index contributed by atoms with van der Waals surface area (Å²) in [6.45, 7) is 4.05. The van der Waals surface area contributed by atoms with Crippen LogP contribution in [0.3, 0.4) is 0 Å². The molecule has 5 rings (SSSR count). The van der Waals surface area contributed by atoms with Crippen LogP contribution >= 0.6 is 0 Å². The third kappa shape index (κ3) is 2.95. The number of aliphatic hydroxyl groups excluding tert-OH is 1. The summed E-state index contributed by atoms with van der Waals surface area (Å²) >= 11 is 0. The monoisotopic (exact) mass is 409 g/mol. The lowest BCUT2D eigenvalue weighted by molar-refractivity contribution is 0.0695. The number of rotatable bonds is 5. The van der Waals surface area contributed by atoms with Crippen LogP contribution < -0.4 is 0 Å². The molecule has 3 aromatic carbocycles. The van der Waals surface area contributed by atoms with Crippen molar-refractivity contribution in [3.8, 4) is 22.4 Å². The van der Waals surface area contributed by atoms with Crippen molar-refractivity contribution < 1.29 is 9.90 Å². The predicted octanol–water partition coefficient (Wildman–Crippen LogP) is 6.44. The summed E-state index contributed by atoms with van der Waals surface area (Å²) in [5.41, 5.74) is 5.36. The molecular weight excluding hydrogens is 382 g/mol. The molecule has 3 nitrogen and oxygen atoms in total. The molecule has 0 bridgehead atoms. The fourth-order valence-electron chi connectivity index (χ4n) is 5.24. The molecule has 3 heteroatoms. The van der Waals surface area contributed by atoms with Gasteiger partial charge in [0.1, 0.15) is 0 Å². The first-order valence-corrected chi connectivity index (χ1v) is 11.1. The highest BCUT2D eigenvalue weighted by molar-refractivity contribution is 6.14. The van der Waals surface area contributed by atoms with Crippen molar-refractivity contribution >= 4 is 16.8 Å². The third-order valence-corrected chi connectivity index (χ3v) is 6.65. The van der Waals surface area contributed by atoms with Crippen LogP contribution in [0.2, 0.25) is 0 Å². The molecule has 0 saturated carbocycles. The highest BCUT2D eigenvalue weighted by atomic mass is 16.3. The summed E-state index contributed by atoms with van der Waals surface area (Å²) in [7, 11) is 0. The Balaban J connectivity index is 1.85. The number of carbonyl (C=O) groups excluding carboxylic acids is 1. The van der Waals surface area contributed by atoms with Crippen molar-refractivity contribution in [2.45, 2.75) is 44.6 Å². The van der Waals surface area contributed by atoms with Crippen molar-refractivity contribution in [3.63, 3.8) is 0 Å². The summed E-state index contributed by atoms with van der Waals surface area (Å²) in [4.78, 5) is 14.2. The molecule has 2 atom stereocenters. The Hall–Kier alpha value is -3.17. The topological polar surface area (TPSA) is 42.2 Å². The van der Waals surface area contributed by atoms with Crippen molar-refractivity contribution in [1.29, 1.82) is 0 Å². The van der Waals surface area contributed by atoms with Crippen LogP contribution in [0.25, 0.3) is 33.3 Å². The van der Waals surface area contributed by atoms with Crippen LogP contribution in [-0.4, -0.2) is 21.7 Å². The second-order valence-corrected chi connectivity index (χ2v) is 8.77. The Kier molecular flexibility index (Phi) is 4.79. The summed E-state index contributed by atoms with van der Waals surface area (Å²) in [6, 6.07) is 26.6. The van der Waals surface area contributed by atoms with E-state index in [-0.39, 0.29) is 5.91 Å². The van der Waals surface area contributed by atoms with Crippen molar-refractivity contribution in [3.05, 3.63) is 84.4 Å². The molecule has 4 aromatic rings. The standard InChI is InChI=1S/C28H27NO2/c1-3-11-20(30)18-28(2)23-16-9-7-14-21(23)26-25(19-12-5-4-6-13-19)22-15-8-10-17-24(22)29(26)27(28)31/h4-10,12-17,20,30H,3,11,18H2,1-2H3/t20-,28+/m0/s1. The summed E-state index contributed by atoms with van der Waals surface area (Å²) in [5.74, 6) is 0.0368. The Morgan fingerprint density at radius 1 is 0.935 bits per heavy atom. The zero-order valence-electron chi connectivity index (χ0n) is 18.0. The van der Waals surface area contributed by atoms with Gasteiger partial charge in [-0.05, 0) is 37.0 Å². The zero-order valence-corrected chi connectivity index (χ0v) is 18.0. The molecular formula is C28H27NO2. The Morgan fingerprint density at radius 3 is 2.39 bits per heavy atom. The Morgan fingerprint density at radius 2 is 1.61 bits per heavy atom. The lowest BCUT2D eigenvalue weighted by atomic mass is 9.71. The number of nitrogens with zero attached hydrogens (tertiary/aromatic N) is 1. The number of carbonyl (C=O) groups is 1. The highest BCUT2D eigenvalue weighted by Gasteiger charge is 2.45. The lowest BCUT2D eigenvalue weighted by Gasteiger charge is -2.37. The minimum Gasteiger partial charge on any atom is -0.393 e. The van der Waals surface area contributed by atoms with E-state index in [1.165, 1.54) is 0 Å². The molecule has 0 amide bonds. The minimum atomic E-state index is -0.784. The molecule has 0 radical (unpaired) electrons. The molecule has 1 aliphatic rings.